The van der Waals surface area contributed by atoms with Gasteiger partial charge in [-0.3, -0.25) is 9.59 Å². The van der Waals surface area contributed by atoms with E-state index in [4.69, 9.17) is 16.3 Å². The molecule has 3 unspecified atom stereocenters. The van der Waals surface area contributed by atoms with Gasteiger partial charge in [0.2, 0.25) is 5.91 Å². The molecule has 37 heavy (non-hydrogen) atoms. The molecule has 0 bridgehead atoms. The molecule has 0 aliphatic rings. The summed E-state index contributed by atoms with van der Waals surface area (Å²) in [5.74, 6) is -0.992. The van der Waals surface area contributed by atoms with Gasteiger partial charge in [0.25, 0.3) is 5.91 Å². The summed E-state index contributed by atoms with van der Waals surface area (Å²) in [6.45, 7) is 14.8. The van der Waals surface area contributed by atoms with Crippen molar-refractivity contribution in [2.45, 2.75) is 79.5 Å². The average molecular weight is 530 g/mol. The fraction of sp³-hybridized carbons (Fsp3) is 0.483. The lowest BCUT2D eigenvalue weighted by Crippen LogP contribution is -2.53. The Labute approximate surface area is 225 Å². The van der Waals surface area contributed by atoms with Crippen molar-refractivity contribution in [3.05, 3.63) is 63.7 Å². The molecule has 0 saturated heterocycles. The lowest BCUT2D eigenvalue weighted by molar-refractivity contribution is -0.140. The highest BCUT2D eigenvalue weighted by atomic mass is 35.5. The van der Waals surface area contributed by atoms with Crippen LogP contribution < -0.4 is 10.6 Å². The van der Waals surface area contributed by atoms with E-state index in [-0.39, 0.29) is 5.92 Å². The summed E-state index contributed by atoms with van der Waals surface area (Å²) in [5.41, 5.74) is 3.10. The number of halogens is 1. The lowest BCUT2D eigenvalue weighted by Gasteiger charge is -2.34. The molecule has 0 saturated carbocycles. The SMILES string of the molecule is CCC(C)C(NC(=O)OC(C)(C)C)C(=O)N(C)C(C(=O)Nc1c(C)cccc1Cl)c1cc(C)ccc1C. The molecule has 2 aromatic carbocycles. The van der Waals surface area contributed by atoms with Crippen LogP contribution in [0.4, 0.5) is 10.5 Å². The Hall–Kier alpha value is -3.06. The van der Waals surface area contributed by atoms with E-state index in [1.165, 1.54) is 4.90 Å². The number of benzene rings is 2. The number of hydrogen-bond donors (Lipinski definition) is 2. The van der Waals surface area contributed by atoms with Crippen molar-refractivity contribution >= 4 is 35.2 Å². The molecule has 0 aliphatic heterocycles. The number of anilines is 1. The van der Waals surface area contributed by atoms with Crippen LogP contribution in [0.5, 0.6) is 0 Å². The first-order valence-electron chi connectivity index (χ1n) is 12.6. The van der Waals surface area contributed by atoms with Crippen LogP contribution in [-0.2, 0) is 14.3 Å². The van der Waals surface area contributed by atoms with Gasteiger partial charge in [-0.2, -0.15) is 0 Å². The summed E-state index contributed by atoms with van der Waals surface area (Å²) in [6, 6.07) is 9.31. The zero-order valence-electron chi connectivity index (χ0n) is 23.4. The summed E-state index contributed by atoms with van der Waals surface area (Å²) in [4.78, 5) is 41.7. The maximum absolute atomic E-state index is 13.9. The summed E-state index contributed by atoms with van der Waals surface area (Å²) in [7, 11) is 1.58. The maximum Gasteiger partial charge on any atom is 0.408 e. The molecule has 2 rings (SSSR count). The van der Waals surface area contributed by atoms with Crippen molar-refractivity contribution in [1.82, 2.24) is 10.2 Å². The molecule has 202 valence electrons. The smallest absolute Gasteiger partial charge is 0.408 e. The topological polar surface area (TPSA) is 87.7 Å². The normalized spacial score (nSPS) is 13.8. The number of hydrogen-bond acceptors (Lipinski definition) is 4. The van der Waals surface area contributed by atoms with Crippen molar-refractivity contribution in [3.8, 4) is 0 Å². The van der Waals surface area contributed by atoms with Crippen LogP contribution in [0.1, 0.15) is 69.3 Å². The highest BCUT2D eigenvalue weighted by Gasteiger charge is 2.37. The van der Waals surface area contributed by atoms with E-state index >= 15 is 0 Å². The summed E-state index contributed by atoms with van der Waals surface area (Å²) < 4.78 is 5.41. The van der Waals surface area contributed by atoms with E-state index in [1.807, 2.05) is 65.0 Å². The van der Waals surface area contributed by atoms with Gasteiger partial charge >= 0.3 is 6.09 Å². The second-order valence-electron chi connectivity index (χ2n) is 10.6. The van der Waals surface area contributed by atoms with Crippen LogP contribution in [0.3, 0.4) is 0 Å². The average Bonchev–Trinajstić information content (AvgIpc) is 2.80. The predicted octanol–water partition coefficient (Wildman–Crippen LogP) is 6.34. The van der Waals surface area contributed by atoms with Gasteiger partial charge in [0.1, 0.15) is 17.7 Å². The summed E-state index contributed by atoms with van der Waals surface area (Å²) in [5, 5.41) is 6.08. The number of para-hydroxylation sites is 1. The van der Waals surface area contributed by atoms with Crippen molar-refractivity contribution in [3.63, 3.8) is 0 Å². The van der Waals surface area contributed by atoms with Crippen LogP contribution in [-0.4, -0.2) is 41.5 Å². The fourth-order valence-electron chi connectivity index (χ4n) is 4.03. The standard InChI is InChI=1S/C29H40ClN3O4/c1-10-18(3)24(32-28(36)37-29(6,7)8)27(35)33(9)25(21-16-17(2)14-15-19(21)4)26(34)31-23-20(5)12-11-13-22(23)30/h11-16,18,24-25H,10H2,1-9H3,(H,31,34)(H,32,36). The molecule has 0 radical (unpaired) electrons. The van der Waals surface area contributed by atoms with Gasteiger partial charge in [-0.25, -0.2) is 4.79 Å². The number of nitrogens with one attached hydrogen (secondary N) is 2. The largest absolute Gasteiger partial charge is 0.444 e. The van der Waals surface area contributed by atoms with E-state index in [0.717, 1.165) is 16.7 Å². The van der Waals surface area contributed by atoms with Crippen LogP contribution >= 0.6 is 11.6 Å². The molecule has 0 aliphatic carbocycles. The number of ether oxygens (including phenoxy) is 1. The number of carbonyl (C=O) groups excluding carboxylic acids is 3. The number of rotatable bonds is 8. The van der Waals surface area contributed by atoms with Crippen molar-refractivity contribution in [2.75, 3.05) is 12.4 Å². The number of alkyl carbamates (subject to hydrolysis) is 1. The molecule has 3 amide bonds. The minimum absolute atomic E-state index is 0.199. The Morgan fingerprint density at radius 1 is 1.05 bits per heavy atom. The van der Waals surface area contributed by atoms with E-state index < -0.39 is 35.6 Å². The van der Waals surface area contributed by atoms with Gasteiger partial charge in [-0.15, -0.1) is 0 Å². The highest BCUT2D eigenvalue weighted by Crippen LogP contribution is 2.31. The van der Waals surface area contributed by atoms with E-state index in [1.54, 1.807) is 33.9 Å². The Morgan fingerprint density at radius 2 is 1.70 bits per heavy atom. The van der Waals surface area contributed by atoms with Crippen molar-refractivity contribution < 1.29 is 19.1 Å². The van der Waals surface area contributed by atoms with Crippen LogP contribution in [0, 0.1) is 26.7 Å². The Kier molecular flexibility index (Phi) is 10.2. The van der Waals surface area contributed by atoms with Gasteiger partial charge in [-0.1, -0.05) is 67.8 Å². The lowest BCUT2D eigenvalue weighted by atomic mass is 9.94. The molecule has 0 heterocycles. The second-order valence-corrected chi connectivity index (χ2v) is 11.0. The maximum atomic E-state index is 13.9. The Bertz CT molecular complexity index is 1120. The second kappa shape index (κ2) is 12.5. The summed E-state index contributed by atoms with van der Waals surface area (Å²) >= 11 is 6.39. The predicted molar refractivity (Wildman–Crippen MR) is 149 cm³/mol. The molecule has 2 N–H and O–H groups in total. The first kappa shape index (κ1) is 30.2. The van der Waals surface area contributed by atoms with Crippen molar-refractivity contribution in [2.24, 2.45) is 5.92 Å². The molecule has 2 aromatic rings. The Morgan fingerprint density at radius 3 is 2.27 bits per heavy atom. The van der Waals surface area contributed by atoms with Crippen molar-refractivity contribution in [1.29, 1.82) is 0 Å². The molecular weight excluding hydrogens is 490 g/mol. The monoisotopic (exact) mass is 529 g/mol. The first-order chi connectivity index (χ1) is 17.2. The third kappa shape index (κ3) is 7.96. The van der Waals surface area contributed by atoms with Gasteiger partial charge in [-0.05, 0) is 70.2 Å². The molecule has 8 heteroatoms. The first-order valence-corrected chi connectivity index (χ1v) is 12.9. The quantitative estimate of drug-likeness (QED) is 0.417. The minimum atomic E-state index is -0.963. The number of nitrogens with zero attached hydrogens (tertiary/aromatic N) is 1. The van der Waals surface area contributed by atoms with Crippen LogP contribution in [0.2, 0.25) is 5.02 Å². The van der Waals surface area contributed by atoms with Crippen LogP contribution in [0.25, 0.3) is 0 Å². The van der Waals surface area contributed by atoms with Gasteiger partial charge in [0, 0.05) is 7.05 Å². The minimum Gasteiger partial charge on any atom is -0.444 e. The highest BCUT2D eigenvalue weighted by molar-refractivity contribution is 6.34. The van der Waals surface area contributed by atoms with E-state index in [0.29, 0.717) is 22.7 Å². The molecular formula is C29H40ClN3O4. The number of likely N-dealkylation sites (N-methyl/N-ethyl adjacent to an activating group) is 1. The number of carbonyl (C=O) groups is 3. The van der Waals surface area contributed by atoms with Gasteiger partial charge in [0.15, 0.2) is 0 Å². The molecule has 0 aromatic heterocycles. The fourth-order valence-corrected chi connectivity index (χ4v) is 4.30. The zero-order valence-corrected chi connectivity index (χ0v) is 24.1. The third-order valence-electron chi connectivity index (χ3n) is 6.33. The molecule has 0 spiro atoms. The van der Waals surface area contributed by atoms with E-state index in [9.17, 15) is 14.4 Å². The third-order valence-corrected chi connectivity index (χ3v) is 6.65. The van der Waals surface area contributed by atoms with E-state index in [2.05, 4.69) is 10.6 Å². The van der Waals surface area contributed by atoms with Gasteiger partial charge in [0.05, 0.1) is 10.7 Å². The zero-order chi connectivity index (χ0) is 28.1. The Balaban J connectivity index is 2.51. The van der Waals surface area contributed by atoms with Crippen LogP contribution in [0.15, 0.2) is 36.4 Å². The molecule has 7 nitrogen and oxygen atoms in total. The number of aryl methyl sites for hydroxylation is 3. The molecule has 0 fully saturated rings. The molecule has 3 atom stereocenters. The van der Waals surface area contributed by atoms with Gasteiger partial charge < -0.3 is 20.3 Å². The number of amides is 3. The summed E-state index contributed by atoms with van der Waals surface area (Å²) in [6.07, 6.45) is -0.0434.